The van der Waals surface area contributed by atoms with Crippen molar-refractivity contribution in [1.29, 1.82) is 0 Å². The molecule has 2 aliphatic rings. The third-order valence-corrected chi connectivity index (χ3v) is 4.18. The van der Waals surface area contributed by atoms with E-state index in [0.717, 1.165) is 32.4 Å². The van der Waals surface area contributed by atoms with Gasteiger partial charge in [-0.05, 0) is 71.1 Å². The molecule has 1 unspecified atom stereocenters. The van der Waals surface area contributed by atoms with E-state index < -0.39 is 11.5 Å². The lowest BCUT2D eigenvalue weighted by molar-refractivity contribution is -0.145. The molecule has 0 aromatic rings. The molecule has 1 atom stereocenters. The monoisotopic (exact) mass is 240 g/mol. The summed E-state index contributed by atoms with van der Waals surface area (Å²) in [6.07, 6.45) is 5.81. The molecule has 17 heavy (non-hydrogen) atoms. The quantitative estimate of drug-likeness (QED) is 0.659. The van der Waals surface area contributed by atoms with Gasteiger partial charge >= 0.3 is 5.97 Å². The van der Waals surface area contributed by atoms with Crippen LogP contribution in [0.1, 0.15) is 39.0 Å². The maximum atomic E-state index is 11.3. The van der Waals surface area contributed by atoms with Gasteiger partial charge in [0.25, 0.3) is 0 Å². The lowest BCUT2D eigenvalue weighted by Crippen LogP contribution is -2.52. The maximum Gasteiger partial charge on any atom is 0.323 e. The Bertz CT molecular complexity index is 273. The highest BCUT2D eigenvalue weighted by Gasteiger charge is 2.46. The highest BCUT2D eigenvalue weighted by Crippen LogP contribution is 2.39. The average Bonchev–Trinajstić information content (AvgIpc) is 3.03. The molecule has 1 heterocycles. The lowest BCUT2D eigenvalue weighted by Gasteiger charge is -2.26. The van der Waals surface area contributed by atoms with Crippen LogP contribution in [0.4, 0.5) is 0 Å². The predicted molar refractivity (Wildman–Crippen MR) is 67.1 cm³/mol. The number of rotatable bonds is 7. The van der Waals surface area contributed by atoms with E-state index in [1.54, 1.807) is 0 Å². The fraction of sp³-hybridized carbons (Fsp3) is 0.923. The van der Waals surface area contributed by atoms with Crippen LogP contribution in [-0.2, 0) is 4.79 Å². The lowest BCUT2D eigenvalue weighted by atomic mass is 9.96. The summed E-state index contributed by atoms with van der Waals surface area (Å²) in [7, 11) is 0. The smallest absolute Gasteiger partial charge is 0.323 e. The van der Waals surface area contributed by atoms with Gasteiger partial charge in [0.2, 0.25) is 0 Å². The number of hydrogen-bond donors (Lipinski definition) is 2. The highest BCUT2D eigenvalue weighted by molar-refractivity contribution is 5.79. The van der Waals surface area contributed by atoms with Crippen LogP contribution < -0.4 is 5.32 Å². The molecular weight excluding hydrogens is 216 g/mol. The Kier molecular flexibility index (Phi) is 4.05. The van der Waals surface area contributed by atoms with Gasteiger partial charge in [-0.3, -0.25) is 4.79 Å². The predicted octanol–water partition coefficient (Wildman–Crippen LogP) is 1.32. The third kappa shape index (κ3) is 3.19. The molecule has 1 aliphatic heterocycles. The number of likely N-dealkylation sites (tertiary alicyclic amines) is 1. The number of hydrogen-bond acceptors (Lipinski definition) is 3. The number of aliphatic carboxylic acids is 1. The van der Waals surface area contributed by atoms with Gasteiger partial charge in [-0.2, -0.15) is 0 Å². The fourth-order valence-electron chi connectivity index (χ4n) is 2.71. The van der Waals surface area contributed by atoms with Crippen molar-refractivity contribution in [3.05, 3.63) is 0 Å². The first-order valence-corrected chi connectivity index (χ1v) is 6.84. The van der Waals surface area contributed by atoms with E-state index in [9.17, 15) is 9.90 Å². The van der Waals surface area contributed by atoms with E-state index in [0.29, 0.717) is 5.92 Å². The van der Waals surface area contributed by atoms with Crippen molar-refractivity contribution in [2.75, 3.05) is 26.2 Å². The molecule has 0 radical (unpaired) electrons. The van der Waals surface area contributed by atoms with Crippen molar-refractivity contribution >= 4 is 5.97 Å². The van der Waals surface area contributed by atoms with Gasteiger partial charge in [-0.1, -0.05) is 0 Å². The minimum atomic E-state index is -0.693. The molecule has 1 saturated heterocycles. The molecule has 2 fully saturated rings. The van der Waals surface area contributed by atoms with Crippen LogP contribution >= 0.6 is 0 Å². The number of nitrogens with zero attached hydrogens (tertiary/aromatic N) is 1. The summed E-state index contributed by atoms with van der Waals surface area (Å²) in [6.45, 7) is 6.20. The van der Waals surface area contributed by atoms with Crippen molar-refractivity contribution in [2.45, 2.75) is 44.6 Å². The van der Waals surface area contributed by atoms with E-state index in [-0.39, 0.29) is 0 Å². The van der Waals surface area contributed by atoms with Crippen LogP contribution in [0.2, 0.25) is 0 Å². The summed E-state index contributed by atoms with van der Waals surface area (Å²) in [5, 5.41) is 12.5. The Hall–Kier alpha value is -0.610. The first-order chi connectivity index (χ1) is 8.13. The van der Waals surface area contributed by atoms with E-state index in [1.165, 1.54) is 25.9 Å². The number of nitrogens with one attached hydrogen (secondary N) is 1. The molecule has 0 spiro atoms. The van der Waals surface area contributed by atoms with Crippen molar-refractivity contribution in [3.8, 4) is 0 Å². The first-order valence-electron chi connectivity index (χ1n) is 6.84. The first kappa shape index (κ1) is 12.8. The minimum absolute atomic E-state index is 0.340. The van der Waals surface area contributed by atoms with Gasteiger partial charge in [0.1, 0.15) is 5.54 Å². The van der Waals surface area contributed by atoms with E-state index >= 15 is 0 Å². The van der Waals surface area contributed by atoms with Gasteiger partial charge in [0, 0.05) is 0 Å². The zero-order chi connectivity index (χ0) is 12.3. The molecule has 2 rings (SSSR count). The van der Waals surface area contributed by atoms with Crippen LogP contribution in [0.15, 0.2) is 0 Å². The molecule has 0 aromatic heterocycles. The van der Waals surface area contributed by atoms with Gasteiger partial charge in [0.05, 0.1) is 0 Å². The van der Waals surface area contributed by atoms with Gasteiger partial charge in [0.15, 0.2) is 0 Å². The van der Waals surface area contributed by atoms with Crippen molar-refractivity contribution < 1.29 is 9.90 Å². The van der Waals surface area contributed by atoms with Crippen LogP contribution in [-0.4, -0.2) is 47.7 Å². The van der Waals surface area contributed by atoms with Crippen molar-refractivity contribution in [2.24, 2.45) is 5.92 Å². The zero-order valence-corrected chi connectivity index (χ0v) is 10.7. The summed E-state index contributed by atoms with van der Waals surface area (Å²) < 4.78 is 0. The second-order valence-electron chi connectivity index (χ2n) is 5.61. The Morgan fingerprint density at radius 2 is 2.06 bits per heavy atom. The van der Waals surface area contributed by atoms with Crippen LogP contribution in [0.5, 0.6) is 0 Å². The summed E-state index contributed by atoms with van der Waals surface area (Å²) in [4.78, 5) is 13.7. The molecule has 0 amide bonds. The highest BCUT2D eigenvalue weighted by atomic mass is 16.4. The van der Waals surface area contributed by atoms with Gasteiger partial charge in [-0.15, -0.1) is 0 Å². The molecule has 1 aliphatic carbocycles. The van der Waals surface area contributed by atoms with Gasteiger partial charge in [-0.25, -0.2) is 0 Å². The SMILES string of the molecule is CC(NCCCN1CCCC1)(C(=O)O)C1CC1. The van der Waals surface area contributed by atoms with E-state index in [2.05, 4.69) is 10.2 Å². The second kappa shape index (κ2) is 5.36. The maximum absolute atomic E-state index is 11.3. The van der Waals surface area contributed by atoms with Crippen LogP contribution in [0, 0.1) is 5.92 Å². The van der Waals surface area contributed by atoms with E-state index in [1.807, 2.05) is 6.92 Å². The molecule has 4 heteroatoms. The van der Waals surface area contributed by atoms with Crippen molar-refractivity contribution in [1.82, 2.24) is 10.2 Å². The molecule has 1 saturated carbocycles. The average molecular weight is 240 g/mol. The summed E-state index contributed by atoms with van der Waals surface area (Å²) in [5.41, 5.74) is -0.689. The summed E-state index contributed by atoms with van der Waals surface area (Å²) in [6, 6.07) is 0. The Morgan fingerprint density at radius 1 is 1.41 bits per heavy atom. The molecular formula is C13H24N2O2. The second-order valence-corrected chi connectivity index (χ2v) is 5.61. The standard InChI is InChI=1S/C13H24N2O2/c1-13(12(16)17,11-5-6-11)14-7-4-10-15-8-2-3-9-15/h11,14H,2-10H2,1H3,(H,16,17). The number of carboxylic acids is 1. The number of carbonyl (C=O) groups is 1. The van der Waals surface area contributed by atoms with Crippen LogP contribution in [0.25, 0.3) is 0 Å². The normalized spacial score (nSPS) is 24.8. The Labute approximate surface area is 103 Å². The molecule has 0 bridgehead atoms. The largest absolute Gasteiger partial charge is 0.480 e. The molecule has 4 nitrogen and oxygen atoms in total. The third-order valence-electron chi connectivity index (χ3n) is 4.18. The Balaban J connectivity index is 1.67. The Morgan fingerprint density at radius 3 is 2.59 bits per heavy atom. The molecule has 0 aromatic carbocycles. The van der Waals surface area contributed by atoms with Crippen molar-refractivity contribution in [3.63, 3.8) is 0 Å². The van der Waals surface area contributed by atoms with Crippen LogP contribution in [0.3, 0.4) is 0 Å². The summed E-state index contributed by atoms with van der Waals surface area (Å²) in [5.74, 6) is -0.354. The molecule has 98 valence electrons. The number of carboxylic acid groups (broad SMARTS) is 1. The fourth-order valence-corrected chi connectivity index (χ4v) is 2.71. The van der Waals surface area contributed by atoms with E-state index in [4.69, 9.17) is 0 Å². The minimum Gasteiger partial charge on any atom is -0.480 e. The van der Waals surface area contributed by atoms with Gasteiger partial charge < -0.3 is 15.3 Å². The zero-order valence-electron chi connectivity index (χ0n) is 10.7. The summed E-state index contributed by atoms with van der Waals surface area (Å²) >= 11 is 0. The molecule has 2 N–H and O–H groups in total. The topological polar surface area (TPSA) is 52.6 Å².